The second kappa shape index (κ2) is 5.86. The quantitative estimate of drug-likeness (QED) is 0.518. The molecule has 0 aliphatic heterocycles. The van der Waals surface area contributed by atoms with Gasteiger partial charge < -0.3 is 4.74 Å². The van der Waals surface area contributed by atoms with E-state index in [1.165, 1.54) is 0 Å². The summed E-state index contributed by atoms with van der Waals surface area (Å²) in [4.78, 5) is 4.04. The van der Waals surface area contributed by atoms with Gasteiger partial charge in [-0.25, -0.2) is 4.99 Å². The van der Waals surface area contributed by atoms with Crippen LogP contribution in [-0.2, 0) is 4.74 Å². The number of hydrogen-bond acceptors (Lipinski definition) is 2. The topological polar surface area (TPSA) is 45.4 Å². The third kappa shape index (κ3) is 4.78. The Hall–Kier alpha value is -0.700. The van der Waals surface area contributed by atoms with Crippen LogP contribution in [0.1, 0.15) is 40.5 Å². The van der Waals surface area contributed by atoms with Gasteiger partial charge in [0.15, 0.2) is 0 Å². The fourth-order valence-electron chi connectivity index (χ4n) is 0.866. The summed E-state index contributed by atoms with van der Waals surface area (Å²) in [5, 5.41) is 7.37. The van der Waals surface area contributed by atoms with Gasteiger partial charge in [-0.05, 0) is 20.3 Å². The van der Waals surface area contributed by atoms with Crippen LogP contribution in [0.15, 0.2) is 4.99 Å². The zero-order chi connectivity index (χ0) is 10.3. The molecule has 0 aliphatic rings. The van der Waals surface area contributed by atoms with Crippen molar-refractivity contribution in [1.29, 1.82) is 5.41 Å². The molecule has 0 saturated carbocycles. The zero-order valence-corrected chi connectivity index (χ0v) is 9.05. The molecule has 0 aromatic heterocycles. The molecule has 1 N–H and O–H groups in total. The van der Waals surface area contributed by atoms with E-state index in [1.807, 2.05) is 20.8 Å². The van der Waals surface area contributed by atoms with Crippen molar-refractivity contribution in [3.05, 3.63) is 0 Å². The highest BCUT2D eigenvalue weighted by Crippen LogP contribution is 2.12. The van der Waals surface area contributed by atoms with Crippen LogP contribution < -0.4 is 0 Å². The molecule has 0 spiro atoms. The molecular weight excluding hydrogens is 164 g/mol. The molecule has 0 saturated heterocycles. The van der Waals surface area contributed by atoms with Crippen LogP contribution in [0.3, 0.4) is 0 Å². The summed E-state index contributed by atoms with van der Waals surface area (Å²) >= 11 is 0. The van der Waals surface area contributed by atoms with E-state index in [9.17, 15) is 0 Å². The number of nitrogens with one attached hydrogen (secondary N) is 1. The first-order valence-corrected chi connectivity index (χ1v) is 4.84. The lowest BCUT2D eigenvalue weighted by molar-refractivity contribution is 0.0308. The summed E-state index contributed by atoms with van der Waals surface area (Å²) < 4.78 is 5.53. The van der Waals surface area contributed by atoms with Crippen LogP contribution in [0, 0.1) is 5.41 Å². The van der Waals surface area contributed by atoms with Crippen LogP contribution in [-0.4, -0.2) is 24.3 Å². The summed E-state index contributed by atoms with van der Waals surface area (Å²) in [5.74, 6) is 0.402. The standard InChI is InChI=1S/C10H20N2O/c1-5-9(11)12-8-10(4,6-2)13-7-3/h8,11H,5-7H2,1-4H3/b11-9?,12-8-. The maximum Gasteiger partial charge on any atom is 0.119 e. The Balaban J connectivity index is 4.25. The molecule has 0 aromatic rings. The fourth-order valence-corrected chi connectivity index (χ4v) is 0.866. The van der Waals surface area contributed by atoms with E-state index in [0.29, 0.717) is 18.9 Å². The fraction of sp³-hybridized carbons (Fsp3) is 0.800. The van der Waals surface area contributed by atoms with Crippen molar-refractivity contribution in [2.45, 2.75) is 46.1 Å². The van der Waals surface area contributed by atoms with Crippen LogP contribution in [0.5, 0.6) is 0 Å². The summed E-state index contributed by atoms with van der Waals surface area (Å²) in [6, 6.07) is 0. The second-order valence-electron chi connectivity index (χ2n) is 3.16. The molecule has 3 nitrogen and oxygen atoms in total. The molecule has 1 atom stereocenters. The molecule has 13 heavy (non-hydrogen) atoms. The van der Waals surface area contributed by atoms with Gasteiger partial charge in [0.05, 0.1) is 0 Å². The number of hydrogen-bond donors (Lipinski definition) is 1. The van der Waals surface area contributed by atoms with Gasteiger partial charge in [-0.2, -0.15) is 0 Å². The first-order valence-electron chi connectivity index (χ1n) is 4.84. The number of rotatable bonds is 5. The van der Waals surface area contributed by atoms with E-state index < -0.39 is 0 Å². The molecule has 0 aliphatic carbocycles. The van der Waals surface area contributed by atoms with Gasteiger partial charge in [-0.15, -0.1) is 0 Å². The smallest absolute Gasteiger partial charge is 0.119 e. The minimum absolute atomic E-state index is 0.309. The Labute approximate surface area is 80.7 Å². The van der Waals surface area contributed by atoms with Gasteiger partial charge in [0.2, 0.25) is 0 Å². The van der Waals surface area contributed by atoms with E-state index in [1.54, 1.807) is 6.21 Å². The average Bonchev–Trinajstić information content (AvgIpc) is 2.15. The molecule has 0 aromatic carbocycles. The van der Waals surface area contributed by atoms with Crippen molar-refractivity contribution in [2.75, 3.05) is 6.61 Å². The zero-order valence-electron chi connectivity index (χ0n) is 9.05. The molecule has 0 rings (SSSR count). The molecule has 0 heterocycles. The molecule has 76 valence electrons. The van der Waals surface area contributed by atoms with Gasteiger partial charge in [0.25, 0.3) is 0 Å². The SMILES string of the molecule is CCOC(C)(/C=N\C(=N)CC)CC. The lowest BCUT2D eigenvalue weighted by Gasteiger charge is -2.22. The monoisotopic (exact) mass is 184 g/mol. The summed E-state index contributed by atoms with van der Waals surface area (Å²) in [5.41, 5.74) is -0.309. The Kier molecular flexibility index (Phi) is 5.55. The van der Waals surface area contributed by atoms with Gasteiger partial charge in [-0.1, -0.05) is 13.8 Å². The Morgan fingerprint density at radius 3 is 2.46 bits per heavy atom. The summed E-state index contributed by atoms with van der Waals surface area (Å²) in [7, 11) is 0. The minimum atomic E-state index is -0.309. The third-order valence-corrected chi connectivity index (χ3v) is 2.00. The predicted octanol–water partition coefficient (Wildman–Crippen LogP) is 2.65. The molecule has 0 radical (unpaired) electrons. The Bertz CT molecular complexity index is 189. The van der Waals surface area contributed by atoms with Crippen LogP contribution >= 0.6 is 0 Å². The normalized spacial score (nSPS) is 16.0. The first kappa shape index (κ1) is 12.3. The summed E-state index contributed by atoms with van der Waals surface area (Å²) in [6.07, 6.45) is 3.28. The summed E-state index contributed by atoms with van der Waals surface area (Å²) in [6.45, 7) is 8.60. The number of nitrogens with zero attached hydrogens (tertiary/aromatic N) is 1. The van der Waals surface area contributed by atoms with E-state index in [0.717, 1.165) is 6.42 Å². The first-order chi connectivity index (χ1) is 6.08. The third-order valence-electron chi connectivity index (χ3n) is 2.00. The molecule has 0 fully saturated rings. The molecule has 0 bridgehead atoms. The Morgan fingerprint density at radius 1 is 1.46 bits per heavy atom. The van der Waals surface area contributed by atoms with Crippen LogP contribution in [0.25, 0.3) is 0 Å². The van der Waals surface area contributed by atoms with Crippen LogP contribution in [0.4, 0.5) is 0 Å². The van der Waals surface area contributed by atoms with Crippen molar-refractivity contribution >= 4 is 12.1 Å². The lowest BCUT2D eigenvalue weighted by atomic mass is 10.1. The molecule has 3 heteroatoms. The Morgan fingerprint density at radius 2 is 2.08 bits per heavy atom. The van der Waals surface area contributed by atoms with Crippen LogP contribution in [0.2, 0.25) is 0 Å². The highest BCUT2D eigenvalue weighted by Gasteiger charge is 2.18. The minimum Gasteiger partial charge on any atom is -0.370 e. The van der Waals surface area contributed by atoms with E-state index >= 15 is 0 Å². The largest absolute Gasteiger partial charge is 0.370 e. The van der Waals surface area contributed by atoms with Crippen molar-refractivity contribution in [3.63, 3.8) is 0 Å². The van der Waals surface area contributed by atoms with Gasteiger partial charge in [0, 0.05) is 19.2 Å². The van der Waals surface area contributed by atoms with E-state index in [-0.39, 0.29) is 5.60 Å². The van der Waals surface area contributed by atoms with E-state index in [4.69, 9.17) is 10.1 Å². The van der Waals surface area contributed by atoms with E-state index in [2.05, 4.69) is 11.9 Å². The molecule has 0 amide bonds. The number of ether oxygens (including phenoxy) is 1. The van der Waals surface area contributed by atoms with Gasteiger partial charge in [-0.3, -0.25) is 5.41 Å². The van der Waals surface area contributed by atoms with Crippen molar-refractivity contribution in [1.82, 2.24) is 0 Å². The maximum atomic E-state index is 7.37. The highest BCUT2D eigenvalue weighted by molar-refractivity contribution is 5.89. The van der Waals surface area contributed by atoms with Crippen molar-refractivity contribution in [2.24, 2.45) is 4.99 Å². The lowest BCUT2D eigenvalue weighted by Crippen LogP contribution is -2.30. The molecule has 1 unspecified atom stereocenters. The van der Waals surface area contributed by atoms with Crippen molar-refractivity contribution in [3.8, 4) is 0 Å². The number of amidine groups is 1. The average molecular weight is 184 g/mol. The second-order valence-corrected chi connectivity index (χ2v) is 3.16. The predicted molar refractivity (Wildman–Crippen MR) is 56.8 cm³/mol. The highest BCUT2D eigenvalue weighted by atomic mass is 16.5. The molecular formula is C10H20N2O. The van der Waals surface area contributed by atoms with Gasteiger partial charge in [0.1, 0.15) is 11.4 Å². The van der Waals surface area contributed by atoms with Crippen molar-refractivity contribution < 1.29 is 4.74 Å². The maximum absolute atomic E-state index is 7.37. The van der Waals surface area contributed by atoms with Gasteiger partial charge >= 0.3 is 0 Å². The number of aliphatic imine (C=N–C) groups is 1.